The van der Waals surface area contributed by atoms with Crippen molar-refractivity contribution in [2.24, 2.45) is 0 Å². The molecule has 5 rings (SSSR count). The molecule has 6 heteroatoms. The van der Waals surface area contributed by atoms with Gasteiger partial charge >= 0.3 is 5.97 Å². The number of rotatable bonds is 5. The molecule has 1 N–H and O–H groups in total. The third kappa shape index (κ3) is 2.60. The lowest BCUT2D eigenvalue weighted by Gasteiger charge is -2.15. The van der Waals surface area contributed by atoms with Gasteiger partial charge < -0.3 is 24.1 Å². The molecule has 0 bridgehead atoms. The number of ether oxygens (including phenoxy) is 3. The van der Waals surface area contributed by atoms with Crippen LogP contribution in [0.1, 0.15) is 29.1 Å². The highest BCUT2D eigenvalue weighted by Crippen LogP contribution is 2.42. The second-order valence-corrected chi connectivity index (χ2v) is 7.19. The van der Waals surface area contributed by atoms with Crippen molar-refractivity contribution in [2.75, 3.05) is 19.5 Å². The number of fused-ring (bicyclic) bond motifs is 4. The van der Waals surface area contributed by atoms with Gasteiger partial charge in [0.15, 0.2) is 11.5 Å². The fraction of sp³-hybridized carbons (Fsp3) is 0.208. The van der Waals surface area contributed by atoms with Crippen LogP contribution >= 0.6 is 0 Å². The number of hydrogen-bond donors (Lipinski definition) is 1. The average Bonchev–Trinajstić information content (AvgIpc) is 3.27. The van der Waals surface area contributed by atoms with E-state index in [4.69, 9.17) is 14.2 Å². The van der Waals surface area contributed by atoms with Gasteiger partial charge in [-0.1, -0.05) is 18.2 Å². The van der Waals surface area contributed by atoms with Crippen molar-refractivity contribution in [3.8, 4) is 11.5 Å². The van der Waals surface area contributed by atoms with Gasteiger partial charge in [-0.25, -0.2) is 4.79 Å². The summed E-state index contributed by atoms with van der Waals surface area (Å²) in [6.07, 6.45) is -0.593. The highest BCUT2D eigenvalue weighted by molar-refractivity contribution is 6.09. The summed E-state index contributed by atoms with van der Waals surface area (Å²) in [7, 11) is 3.06. The van der Waals surface area contributed by atoms with E-state index in [0.29, 0.717) is 17.1 Å². The molecule has 0 radical (unpaired) electrons. The summed E-state index contributed by atoms with van der Waals surface area (Å²) in [6.45, 7) is 3.04. The lowest BCUT2D eigenvalue weighted by Crippen LogP contribution is -2.10. The summed E-state index contributed by atoms with van der Waals surface area (Å²) in [5, 5.41) is 5.72. The maximum atomic E-state index is 12.5. The van der Waals surface area contributed by atoms with Gasteiger partial charge in [-0.15, -0.1) is 0 Å². The summed E-state index contributed by atoms with van der Waals surface area (Å²) in [5.41, 5.74) is 4.40. The van der Waals surface area contributed by atoms with E-state index in [0.717, 1.165) is 23.2 Å². The number of nitrogens with zero attached hydrogens (tertiary/aromatic N) is 1. The summed E-state index contributed by atoms with van der Waals surface area (Å²) in [6, 6.07) is 18.2. The molecule has 0 aliphatic carbocycles. The molecule has 4 aromatic rings. The van der Waals surface area contributed by atoms with Crippen LogP contribution in [0.15, 0.2) is 54.6 Å². The maximum absolute atomic E-state index is 12.5. The van der Waals surface area contributed by atoms with E-state index in [9.17, 15) is 4.79 Å². The number of benzene rings is 3. The maximum Gasteiger partial charge on any atom is 0.344 e. The van der Waals surface area contributed by atoms with Crippen LogP contribution in [0.4, 0.5) is 5.69 Å². The Balaban J connectivity index is 1.56. The topological polar surface area (TPSA) is 61.7 Å². The summed E-state index contributed by atoms with van der Waals surface area (Å²) >= 11 is 0. The Kier molecular flexibility index (Phi) is 4.28. The van der Waals surface area contributed by atoms with Crippen LogP contribution in [0.3, 0.4) is 0 Å². The molecule has 0 fully saturated rings. The Morgan fingerprint density at radius 1 is 1.00 bits per heavy atom. The Morgan fingerprint density at radius 2 is 1.80 bits per heavy atom. The van der Waals surface area contributed by atoms with Crippen LogP contribution in [0, 0.1) is 0 Å². The fourth-order valence-corrected chi connectivity index (χ4v) is 4.34. The standard InChI is InChI=1S/C24H22N2O4/c1-4-26-18-8-6-5-7-15(18)17-13-14(9-11-19(17)26)25-23-16-10-12-20(28-2)22(29-3)21(16)24(27)30-23/h5-13,23,25H,4H2,1-3H3/t23-/m0/s1. The van der Waals surface area contributed by atoms with Crippen molar-refractivity contribution < 1.29 is 19.0 Å². The van der Waals surface area contributed by atoms with Crippen molar-refractivity contribution >= 4 is 33.5 Å². The number of carbonyl (C=O) groups is 1. The summed E-state index contributed by atoms with van der Waals surface area (Å²) < 4.78 is 18.6. The molecule has 1 aliphatic rings. The minimum atomic E-state index is -0.593. The molecule has 30 heavy (non-hydrogen) atoms. The largest absolute Gasteiger partial charge is 0.493 e. The molecule has 0 spiro atoms. The van der Waals surface area contributed by atoms with Crippen molar-refractivity contribution in [3.63, 3.8) is 0 Å². The van der Waals surface area contributed by atoms with E-state index in [2.05, 4.69) is 53.2 Å². The minimum Gasteiger partial charge on any atom is -0.493 e. The van der Waals surface area contributed by atoms with Crippen molar-refractivity contribution in [1.29, 1.82) is 0 Å². The van der Waals surface area contributed by atoms with E-state index in [1.807, 2.05) is 12.1 Å². The van der Waals surface area contributed by atoms with Gasteiger partial charge in [0, 0.05) is 39.6 Å². The van der Waals surface area contributed by atoms with Crippen LogP contribution in [0.5, 0.6) is 11.5 Å². The zero-order chi connectivity index (χ0) is 20.8. The number of anilines is 1. The number of esters is 1. The number of aromatic nitrogens is 1. The monoisotopic (exact) mass is 402 g/mol. The lowest BCUT2D eigenvalue weighted by atomic mass is 10.1. The molecule has 1 aromatic heterocycles. The first-order valence-electron chi connectivity index (χ1n) is 9.89. The smallest absolute Gasteiger partial charge is 0.344 e. The van der Waals surface area contributed by atoms with E-state index < -0.39 is 12.2 Å². The molecular formula is C24H22N2O4. The Hall–Kier alpha value is -3.67. The van der Waals surface area contributed by atoms with Gasteiger partial charge in [0.1, 0.15) is 5.56 Å². The SMILES string of the molecule is CCn1c2ccccc2c2cc(N[C@H]3OC(=O)c4c3ccc(OC)c4OC)ccc21. The van der Waals surface area contributed by atoms with E-state index in [1.54, 1.807) is 13.2 Å². The number of para-hydroxylation sites is 1. The molecule has 1 atom stereocenters. The molecule has 0 saturated heterocycles. The molecule has 0 saturated carbocycles. The summed E-state index contributed by atoms with van der Waals surface area (Å²) in [5.74, 6) is 0.468. The van der Waals surface area contributed by atoms with Crippen LogP contribution in [0.25, 0.3) is 21.8 Å². The third-order valence-electron chi connectivity index (χ3n) is 5.68. The second kappa shape index (κ2) is 6.99. The Bertz CT molecular complexity index is 1290. The molecule has 2 heterocycles. The van der Waals surface area contributed by atoms with E-state index >= 15 is 0 Å². The van der Waals surface area contributed by atoms with Crippen LogP contribution in [0.2, 0.25) is 0 Å². The molecule has 152 valence electrons. The molecular weight excluding hydrogens is 380 g/mol. The molecule has 1 aliphatic heterocycles. The number of methoxy groups -OCH3 is 2. The highest BCUT2D eigenvalue weighted by atomic mass is 16.6. The summed E-state index contributed by atoms with van der Waals surface area (Å²) in [4.78, 5) is 12.5. The second-order valence-electron chi connectivity index (χ2n) is 7.19. The predicted molar refractivity (Wildman–Crippen MR) is 116 cm³/mol. The zero-order valence-corrected chi connectivity index (χ0v) is 17.1. The van der Waals surface area contributed by atoms with Crippen molar-refractivity contribution in [1.82, 2.24) is 4.57 Å². The van der Waals surface area contributed by atoms with Crippen LogP contribution in [-0.2, 0) is 11.3 Å². The first kappa shape index (κ1) is 18.4. The van der Waals surface area contributed by atoms with Crippen LogP contribution < -0.4 is 14.8 Å². The average molecular weight is 402 g/mol. The normalized spacial score (nSPS) is 15.3. The van der Waals surface area contributed by atoms with Gasteiger partial charge in [0.05, 0.1) is 14.2 Å². The predicted octanol–water partition coefficient (Wildman–Crippen LogP) is 5.11. The first-order chi connectivity index (χ1) is 14.7. The third-order valence-corrected chi connectivity index (χ3v) is 5.68. The molecule has 0 unspecified atom stereocenters. The van der Waals surface area contributed by atoms with Gasteiger partial charge in [0.2, 0.25) is 6.23 Å². The Morgan fingerprint density at radius 3 is 2.57 bits per heavy atom. The van der Waals surface area contributed by atoms with Crippen LogP contribution in [-0.4, -0.2) is 24.8 Å². The molecule has 3 aromatic carbocycles. The fourth-order valence-electron chi connectivity index (χ4n) is 4.34. The number of hydrogen-bond acceptors (Lipinski definition) is 5. The zero-order valence-electron chi connectivity index (χ0n) is 17.1. The number of aryl methyl sites for hydroxylation is 1. The van der Waals surface area contributed by atoms with Gasteiger partial charge in [0.25, 0.3) is 0 Å². The molecule has 6 nitrogen and oxygen atoms in total. The van der Waals surface area contributed by atoms with Gasteiger partial charge in [-0.3, -0.25) is 0 Å². The number of carbonyl (C=O) groups excluding carboxylic acids is 1. The Labute approximate surface area is 174 Å². The highest BCUT2D eigenvalue weighted by Gasteiger charge is 2.36. The number of nitrogens with one attached hydrogen (secondary N) is 1. The van der Waals surface area contributed by atoms with E-state index in [-0.39, 0.29) is 0 Å². The first-order valence-corrected chi connectivity index (χ1v) is 9.89. The molecule has 0 amide bonds. The quantitative estimate of drug-likeness (QED) is 0.470. The van der Waals surface area contributed by atoms with E-state index in [1.165, 1.54) is 23.5 Å². The van der Waals surface area contributed by atoms with Gasteiger partial charge in [-0.2, -0.15) is 0 Å². The van der Waals surface area contributed by atoms with Gasteiger partial charge in [-0.05, 0) is 43.3 Å². The van der Waals surface area contributed by atoms with Crippen molar-refractivity contribution in [3.05, 3.63) is 65.7 Å². The minimum absolute atomic E-state index is 0.394. The number of cyclic esters (lactones) is 1. The lowest BCUT2D eigenvalue weighted by molar-refractivity contribution is 0.0435. The van der Waals surface area contributed by atoms with Crippen molar-refractivity contribution in [2.45, 2.75) is 19.7 Å².